The van der Waals surface area contributed by atoms with Gasteiger partial charge in [0, 0.05) is 28.4 Å². The van der Waals surface area contributed by atoms with Crippen LogP contribution in [0, 0.1) is 17.0 Å². The Morgan fingerprint density at radius 1 is 1.20 bits per heavy atom. The Labute approximate surface area is 149 Å². The molecule has 130 valence electrons. The third-order valence-corrected chi connectivity index (χ3v) is 3.74. The van der Waals surface area contributed by atoms with E-state index in [4.69, 9.17) is 11.6 Å². The number of hydrogen-bond acceptors (Lipinski definition) is 4. The number of carbonyl (C=O) groups excluding carboxylic acids is 2. The molecule has 2 N–H and O–H groups in total. The predicted molar refractivity (Wildman–Crippen MR) is 94.8 cm³/mol. The van der Waals surface area contributed by atoms with Crippen molar-refractivity contribution in [1.29, 1.82) is 0 Å². The highest BCUT2D eigenvalue weighted by molar-refractivity contribution is 6.30. The molecular weight excluding hydrogens is 346 g/mol. The summed E-state index contributed by atoms with van der Waals surface area (Å²) < 4.78 is 0. The average Bonchev–Trinajstić information content (AvgIpc) is 2.57. The van der Waals surface area contributed by atoms with Crippen LogP contribution >= 0.6 is 11.6 Å². The van der Waals surface area contributed by atoms with E-state index in [0.717, 1.165) is 11.6 Å². The molecule has 7 nitrogen and oxygen atoms in total. The molecular formula is C17H16ClN3O4. The Hall–Kier alpha value is -2.93. The number of amides is 2. The molecule has 2 aromatic rings. The summed E-state index contributed by atoms with van der Waals surface area (Å²) in [6, 6.07) is 9.50. The Morgan fingerprint density at radius 2 is 1.92 bits per heavy atom. The summed E-state index contributed by atoms with van der Waals surface area (Å²) in [6.07, 6.45) is 0. The van der Waals surface area contributed by atoms with Gasteiger partial charge in [0.05, 0.1) is 4.92 Å². The van der Waals surface area contributed by atoms with Crippen molar-refractivity contribution in [3.8, 4) is 0 Å². The van der Waals surface area contributed by atoms with Gasteiger partial charge in [-0.3, -0.25) is 19.7 Å². The summed E-state index contributed by atoms with van der Waals surface area (Å²) in [5, 5.41) is 16.5. The van der Waals surface area contributed by atoms with Crippen molar-refractivity contribution >= 4 is 34.8 Å². The van der Waals surface area contributed by atoms with E-state index in [1.165, 1.54) is 25.1 Å². The highest BCUT2D eigenvalue weighted by atomic mass is 35.5. The van der Waals surface area contributed by atoms with E-state index in [2.05, 4.69) is 10.6 Å². The zero-order chi connectivity index (χ0) is 18.6. The van der Waals surface area contributed by atoms with E-state index in [-0.39, 0.29) is 11.3 Å². The zero-order valence-corrected chi connectivity index (χ0v) is 14.3. The number of non-ortho nitro benzene ring substituents is 1. The summed E-state index contributed by atoms with van der Waals surface area (Å²) >= 11 is 5.87. The highest BCUT2D eigenvalue weighted by Gasteiger charge is 2.18. The molecule has 0 bridgehead atoms. The second-order valence-electron chi connectivity index (χ2n) is 5.45. The fraction of sp³-hybridized carbons (Fsp3) is 0.176. The minimum atomic E-state index is -0.832. The largest absolute Gasteiger partial charge is 0.341 e. The third kappa shape index (κ3) is 4.77. The smallest absolute Gasteiger partial charge is 0.270 e. The molecule has 0 aliphatic rings. The van der Waals surface area contributed by atoms with Crippen LogP contribution in [-0.4, -0.2) is 22.8 Å². The van der Waals surface area contributed by atoms with Crippen LogP contribution in [0.3, 0.4) is 0 Å². The number of anilines is 1. The Bertz CT molecular complexity index is 838. The summed E-state index contributed by atoms with van der Waals surface area (Å²) in [6.45, 7) is 3.32. The van der Waals surface area contributed by atoms with E-state index in [9.17, 15) is 19.7 Å². The number of aryl methyl sites for hydroxylation is 1. The van der Waals surface area contributed by atoms with Crippen LogP contribution in [0.1, 0.15) is 22.8 Å². The van der Waals surface area contributed by atoms with Gasteiger partial charge in [0.25, 0.3) is 11.6 Å². The molecule has 0 fully saturated rings. The molecule has 0 spiro atoms. The Kier molecular flexibility index (Phi) is 5.71. The predicted octanol–water partition coefficient (Wildman–Crippen LogP) is 3.31. The first-order chi connectivity index (χ1) is 11.8. The summed E-state index contributed by atoms with van der Waals surface area (Å²) in [4.78, 5) is 34.6. The van der Waals surface area contributed by atoms with Gasteiger partial charge in [-0.2, -0.15) is 0 Å². The molecule has 2 amide bonds. The van der Waals surface area contributed by atoms with Gasteiger partial charge in [0.15, 0.2) is 0 Å². The Morgan fingerprint density at radius 3 is 2.56 bits per heavy atom. The molecule has 8 heteroatoms. The average molecular weight is 362 g/mol. The van der Waals surface area contributed by atoms with E-state index in [0.29, 0.717) is 10.7 Å². The fourth-order valence-electron chi connectivity index (χ4n) is 2.11. The minimum Gasteiger partial charge on any atom is -0.341 e. The van der Waals surface area contributed by atoms with Gasteiger partial charge in [0.2, 0.25) is 5.91 Å². The molecule has 25 heavy (non-hydrogen) atoms. The first-order valence-electron chi connectivity index (χ1n) is 7.40. The summed E-state index contributed by atoms with van der Waals surface area (Å²) in [5.41, 5.74) is 1.29. The summed E-state index contributed by atoms with van der Waals surface area (Å²) in [5.74, 6) is -0.983. The van der Waals surface area contributed by atoms with Crippen molar-refractivity contribution < 1.29 is 14.5 Å². The van der Waals surface area contributed by atoms with Gasteiger partial charge >= 0.3 is 0 Å². The van der Waals surface area contributed by atoms with Crippen LogP contribution in [0.15, 0.2) is 42.5 Å². The first kappa shape index (κ1) is 18.4. The second kappa shape index (κ2) is 7.76. The minimum absolute atomic E-state index is 0.108. The van der Waals surface area contributed by atoms with Crippen molar-refractivity contribution in [3.63, 3.8) is 0 Å². The highest BCUT2D eigenvalue weighted by Crippen LogP contribution is 2.19. The number of nitrogens with zero attached hydrogens (tertiary/aromatic N) is 1. The number of rotatable bonds is 5. The second-order valence-corrected chi connectivity index (χ2v) is 5.89. The number of nitro benzene ring substituents is 1. The van der Waals surface area contributed by atoms with Crippen LogP contribution in [0.25, 0.3) is 0 Å². The van der Waals surface area contributed by atoms with E-state index < -0.39 is 22.8 Å². The van der Waals surface area contributed by atoms with Crippen LogP contribution in [-0.2, 0) is 4.79 Å². The normalized spacial score (nSPS) is 11.5. The number of benzene rings is 2. The zero-order valence-electron chi connectivity index (χ0n) is 13.6. The lowest BCUT2D eigenvalue weighted by Crippen LogP contribution is -2.41. The van der Waals surface area contributed by atoms with Crippen molar-refractivity contribution in [2.45, 2.75) is 19.9 Å². The van der Waals surface area contributed by atoms with E-state index in [1.807, 2.05) is 0 Å². The molecule has 0 radical (unpaired) electrons. The quantitative estimate of drug-likeness (QED) is 0.630. The van der Waals surface area contributed by atoms with Crippen LogP contribution in [0.5, 0.6) is 0 Å². The third-order valence-electron chi connectivity index (χ3n) is 3.51. The molecule has 1 atom stereocenters. The fourth-order valence-corrected chi connectivity index (χ4v) is 2.34. The lowest BCUT2D eigenvalue weighted by molar-refractivity contribution is -0.384. The molecule has 0 saturated carbocycles. The topological polar surface area (TPSA) is 101 Å². The van der Waals surface area contributed by atoms with Crippen LogP contribution in [0.4, 0.5) is 11.4 Å². The maximum Gasteiger partial charge on any atom is 0.270 e. The van der Waals surface area contributed by atoms with Crippen molar-refractivity contribution in [2.24, 2.45) is 0 Å². The van der Waals surface area contributed by atoms with Crippen molar-refractivity contribution in [3.05, 3.63) is 68.7 Å². The first-order valence-corrected chi connectivity index (χ1v) is 7.78. The van der Waals surface area contributed by atoms with Crippen molar-refractivity contribution in [1.82, 2.24) is 5.32 Å². The van der Waals surface area contributed by atoms with Crippen LogP contribution < -0.4 is 10.6 Å². The molecule has 0 aromatic heterocycles. The molecule has 1 unspecified atom stereocenters. The molecule has 0 aliphatic carbocycles. The molecule has 0 heterocycles. The Balaban J connectivity index is 2.04. The lowest BCUT2D eigenvalue weighted by Gasteiger charge is -2.15. The molecule has 2 rings (SSSR count). The maximum absolute atomic E-state index is 12.2. The van der Waals surface area contributed by atoms with Crippen LogP contribution in [0.2, 0.25) is 5.02 Å². The number of hydrogen-bond donors (Lipinski definition) is 2. The lowest BCUT2D eigenvalue weighted by atomic mass is 10.1. The molecule has 0 saturated heterocycles. The number of nitro groups is 1. The monoisotopic (exact) mass is 361 g/mol. The van der Waals surface area contributed by atoms with Gasteiger partial charge in [-0.05, 0) is 43.7 Å². The summed E-state index contributed by atoms with van der Waals surface area (Å²) in [7, 11) is 0. The SMILES string of the molecule is Cc1cc(Cl)ccc1NC(=O)C(C)NC(=O)c1cccc([N+](=O)[O-])c1. The van der Waals surface area contributed by atoms with Gasteiger partial charge < -0.3 is 10.6 Å². The van der Waals surface area contributed by atoms with Crippen molar-refractivity contribution in [2.75, 3.05) is 5.32 Å². The van der Waals surface area contributed by atoms with E-state index >= 15 is 0 Å². The van der Waals surface area contributed by atoms with Gasteiger partial charge in [0.1, 0.15) is 6.04 Å². The molecule has 0 aliphatic heterocycles. The molecule has 2 aromatic carbocycles. The maximum atomic E-state index is 12.2. The van der Waals surface area contributed by atoms with Gasteiger partial charge in [-0.25, -0.2) is 0 Å². The number of halogens is 1. The van der Waals surface area contributed by atoms with Gasteiger partial charge in [-0.15, -0.1) is 0 Å². The number of carbonyl (C=O) groups is 2. The van der Waals surface area contributed by atoms with Gasteiger partial charge in [-0.1, -0.05) is 17.7 Å². The number of nitrogens with one attached hydrogen (secondary N) is 2. The van der Waals surface area contributed by atoms with E-state index in [1.54, 1.807) is 25.1 Å². The standard InChI is InChI=1S/C17H16ClN3O4/c1-10-8-13(18)6-7-15(10)20-16(22)11(2)19-17(23)12-4-3-5-14(9-12)21(24)25/h3-9,11H,1-2H3,(H,19,23)(H,20,22).